The Morgan fingerprint density at radius 2 is 1.82 bits per heavy atom. The Balaban J connectivity index is 1.73. The van der Waals surface area contributed by atoms with Crippen LogP contribution in [0.5, 0.6) is 5.75 Å². The fraction of sp³-hybridized carbons (Fsp3) is 0.280. The summed E-state index contributed by atoms with van der Waals surface area (Å²) in [6.07, 6.45) is 1.67. The summed E-state index contributed by atoms with van der Waals surface area (Å²) < 4.78 is 18.1. The zero-order chi connectivity index (χ0) is 23.7. The second-order valence-corrected chi connectivity index (χ2v) is 9.71. The number of carbonyl (C=O) groups excluding carboxylic acids is 2. The lowest BCUT2D eigenvalue weighted by atomic mass is 9.77. The SMILES string of the molecule is COC(=O)C1=C(N)OC2=C(C(=O)CCC2)[C@@H]1c1cc(Br)c(OCc2ccc(C)cc2)c(Br)c1. The van der Waals surface area contributed by atoms with Crippen molar-refractivity contribution in [2.45, 2.75) is 38.7 Å². The standard InChI is InChI=1S/C25H23Br2NO5/c1-13-6-8-14(9-7-13)12-32-23-16(26)10-15(11-17(23)27)20-21-18(29)4-3-5-19(21)33-24(28)22(20)25(30)31-2/h6-11,20H,3-5,12,28H2,1-2H3/t20-/m0/s1. The van der Waals surface area contributed by atoms with E-state index in [4.69, 9.17) is 19.9 Å². The van der Waals surface area contributed by atoms with Crippen LogP contribution in [0.1, 0.15) is 41.9 Å². The molecule has 0 saturated heterocycles. The number of halogens is 2. The summed E-state index contributed by atoms with van der Waals surface area (Å²) in [5, 5.41) is 0. The summed E-state index contributed by atoms with van der Waals surface area (Å²) in [7, 11) is 1.28. The van der Waals surface area contributed by atoms with Crippen LogP contribution < -0.4 is 10.5 Å². The van der Waals surface area contributed by atoms with E-state index in [9.17, 15) is 9.59 Å². The summed E-state index contributed by atoms with van der Waals surface area (Å²) in [6, 6.07) is 11.8. The van der Waals surface area contributed by atoms with Crippen molar-refractivity contribution in [3.05, 3.63) is 84.8 Å². The number of nitrogens with two attached hydrogens (primary N) is 1. The van der Waals surface area contributed by atoms with E-state index in [1.807, 2.05) is 43.3 Å². The molecule has 0 bridgehead atoms. The number of Topliss-reactive ketones (excluding diaryl/α,β-unsaturated/α-hetero) is 1. The fourth-order valence-electron chi connectivity index (χ4n) is 4.12. The van der Waals surface area contributed by atoms with Crippen LogP contribution in [0.3, 0.4) is 0 Å². The maximum absolute atomic E-state index is 12.9. The van der Waals surface area contributed by atoms with Gasteiger partial charge in [-0.2, -0.15) is 0 Å². The Morgan fingerprint density at radius 3 is 2.45 bits per heavy atom. The van der Waals surface area contributed by atoms with Crippen LogP contribution in [0, 0.1) is 6.92 Å². The minimum Gasteiger partial charge on any atom is -0.487 e. The number of rotatable bonds is 5. The van der Waals surface area contributed by atoms with Crippen LogP contribution in [0.25, 0.3) is 0 Å². The van der Waals surface area contributed by atoms with Gasteiger partial charge < -0.3 is 19.9 Å². The van der Waals surface area contributed by atoms with E-state index in [0.717, 1.165) is 5.56 Å². The summed E-state index contributed by atoms with van der Waals surface area (Å²) >= 11 is 7.18. The van der Waals surface area contributed by atoms with Crippen LogP contribution in [0.4, 0.5) is 0 Å². The molecular formula is C25H23Br2NO5. The summed E-state index contributed by atoms with van der Waals surface area (Å²) in [5.41, 5.74) is 9.63. The quantitative estimate of drug-likeness (QED) is 0.469. The number of hydrogen-bond acceptors (Lipinski definition) is 6. The molecule has 4 rings (SSSR count). The highest BCUT2D eigenvalue weighted by Crippen LogP contribution is 2.46. The molecule has 1 aliphatic heterocycles. The Kier molecular flexibility index (Phi) is 6.95. The van der Waals surface area contributed by atoms with Crippen molar-refractivity contribution in [2.24, 2.45) is 5.73 Å². The predicted octanol–water partition coefficient (Wildman–Crippen LogP) is 5.56. The molecule has 2 N–H and O–H groups in total. The van der Waals surface area contributed by atoms with Crippen LogP contribution in [0.15, 0.2) is 68.1 Å². The van der Waals surface area contributed by atoms with E-state index in [0.29, 0.717) is 57.5 Å². The predicted molar refractivity (Wildman–Crippen MR) is 130 cm³/mol. The van der Waals surface area contributed by atoms with E-state index in [-0.39, 0.29) is 17.2 Å². The highest BCUT2D eigenvalue weighted by Gasteiger charge is 2.41. The highest BCUT2D eigenvalue weighted by atomic mass is 79.9. The average Bonchev–Trinajstić information content (AvgIpc) is 2.78. The van der Waals surface area contributed by atoms with Gasteiger partial charge in [-0.1, -0.05) is 29.8 Å². The largest absolute Gasteiger partial charge is 0.487 e. The molecule has 2 aromatic carbocycles. The minimum atomic E-state index is -0.687. The molecule has 0 aromatic heterocycles. The van der Waals surface area contributed by atoms with Gasteiger partial charge in [0.25, 0.3) is 0 Å². The maximum atomic E-state index is 12.9. The lowest BCUT2D eigenvalue weighted by Gasteiger charge is -2.32. The molecule has 8 heteroatoms. The Hall–Kier alpha value is -2.58. The van der Waals surface area contributed by atoms with Crippen LogP contribution >= 0.6 is 31.9 Å². The summed E-state index contributed by atoms with van der Waals surface area (Å²) in [5.74, 6) is -0.267. The molecule has 6 nitrogen and oxygen atoms in total. The number of carbonyl (C=O) groups is 2. The molecule has 1 atom stereocenters. The van der Waals surface area contributed by atoms with Crippen molar-refractivity contribution >= 4 is 43.6 Å². The fourth-order valence-corrected chi connectivity index (χ4v) is 5.57. The van der Waals surface area contributed by atoms with Gasteiger partial charge in [0.2, 0.25) is 5.88 Å². The number of hydrogen-bond donors (Lipinski definition) is 1. The topological polar surface area (TPSA) is 87.9 Å². The molecule has 1 heterocycles. The second-order valence-electron chi connectivity index (χ2n) is 8.01. The molecule has 2 aliphatic rings. The van der Waals surface area contributed by atoms with E-state index in [1.54, 1.807) is 0 Å². The first-order valence-corrected chi connectivity index (χ1v) is 12.1. The van der Waals surface area contributed by atoms with Gasteiger partial charge in [-0.15, -0.1) is 0 Å². The molecular weight excluding hydrogens is 554 g/mol. The van der Waals surface area contributed by atoms with Crippen molar-refractivity contribution in [1.82, 2.24) is 0 Å². The van der Waals surface area contributed by atoms with Crippen molar-refractivity contribution < 1.29 is 23.8 Å². The number of aryl methyl sites for hydroxylation is 1. The molecule has 1 aliphatic carbocycles. The first-order chi connectivity index (χ1) is 15.8. The lowest BCUT2D eigenvalue weighted by Crippen LogP contribution is -2.31. The molecule has 0 unspecified atom stereocenters. The number of ketones is 1. The average molecular weight is 577 g/mol. The van der Waals surface area contributed by atoms with Crippen molar-refractivity contribution in [1.29, 1.82) is 0 Å². The molecule has 172 valence electrons. The third-order valence-corrected chi connectivity index (χ3v) is 6.93. The second kappa shape index (κ2) is 9.73. The molecule has 0 spiro atoms. The van der Waals surface area contributed by atoms with Crippen LogP contribution in [-0.2, 0) is 25.7 Å². The zero-order valence-corrected chi connectivity index (χ0v) is 21.4. The van der Waals surface area contributed by atoms with Gasteiger partial charge in [-0.25, -0.2) is 4.79 Å². The third-order valence-electron chi connectivity index (χ3n) is 5.75. The van der Waals surface area contributed by atoms with E-state index in [1.165, 1.54) is 12.7 Å². The Morgan fingerprint density at radius 1 is 1.15 bits per heavy atom. The smallest absolute Gasteiger partial charge is 0.340 e. The third kappa shape index (κ3) is 4.73. The number of ether oxygens (including phenoxy) is 3. The first kappa shape index (κ1) is 23.6. The first-order valence-electron chi connectivity index (χ1n) is 10.5. The van der Waals surface area contributed by atoms with Gasteiger partial charge in [-0.05, 0) is 68.5 Å². The Labute approximate surface area is 209 Å². The minimum absolute atomic E-state index is 0.0350. The molecule has 0 amide bonds. The molecule has 2 aromatic rings. The molecule has 0 radical (unpaired) electrons. The van der Waals surface area contributed by atoms with Crippen molar-refractivity contribution in [2.75, 3.05) is 7.11 Å². The number of esters is 1. The van der Waals surface area contributed by atoms with Crippen molar-refractivity contribution in [3.8, 4) is 5.75 Å². The number of methoxy groups -OCH3 is 1. The zero-order valence-electron chi connectivity index (χ0n) is 18.2. The van der Waals surface area contributed by atoms with Gasteiger partial charge in [0.05, 0.1) is 22.0 Å². The normalized spacial score (nSPS) is 18.1. The molecule has 0 saturated carbocycles. The van der Waals surface area contributed by atoms with E-state index < -0.39 is 11.9 Å². The van der Waals surface area contributed by atoms with Crippen LogP contribution in [0.2, 0.25) is 0 Å². The van der Waals surface area contributed by atoms with Gasteiger partial charge in [0.15, 0.2) is 5.78 Å². The van der Waals surface area contributed by atoms with Gasteiger partial charge >= 0.3 is 5.97 Å². The van der Waals surface area contributed by atoms with E-state index in [2.05, 4.69) is 31.9 Å². The monoisotopic (exact) mass is 575 g/mol. The van der Waals surface area contributed by atoms with Gasteiger partial charge in [-0.3, -0.25) is 4.79 Å². The number of benzene rings is 2. The van der Waals surface area contributed by atoms with Gasteiger partial charge in [0, 0.05) is 18.4 Å². The molecule has 33 heavy (non-hydrogen) atoms. The maximum Gasteiger partial charge on any atom is 0.340 e. The van der Waals surface area contributed by atoms with Gasteiger partial charge in [0.1, 0.15) is 23.7 Å². The van der Waals surface area contributed by atoms with Crippen LogP contribution in [-0.4, -0.2) is 18.9 Å². The summed E-state index contributed by atoms with van der Waals surface area (Å²) in [6.45, 7) is 2.43. The lowest BCUT2D eigenvalue weighted by molar-refractivity contribution is -0.136. The van der Waals surface area contributed by atoms with E-state index >= 15 is 0 Å². The Bertz CT molecular complexity index is 1160. The number of allylic oxidation sites excluding steroid dienone is 2. The molecule has 0 fully saturated rings. The summed E-state index contributed by atoms with van der Waals surface area (Å²) in [4.78, 5) is 25.5. The van der Waals surface area contributed by atoms with Crippen molar-refractivity contribution in [3.63, 3.8) is 0 Å². The highest BCUT2D eigenvalue weighted by molar-refractivity contribution is 9.11.